The Bertz CT molecular complexity index is 1390. The lowest BCUT2D eigenvalue weighted by atomic mass is 10.0. The zero-order chi connectivity index (χ0) is 22.6. The molecule has 0 amide bonds. The summed E-state index contributed by atoms with van der Waals surface area (Å²) >= 11 is 1.89. The van der Waals surface area contributed by atoms with Gasteiger partial charge in [0.15, 0.2) is 0 Å². The van der Waals surface area contributed by atoms with E-state index in [2.05, 4.69) is 74.5 Å². The van der Waals surface area contributed by atoms with E-state index in [4.69, 9.17) is 4.74 Å². The number of rotatable bonds is 10. The quantitative estimate of drug-likeness (QED) is 0.191. The van der Waals surface area contributed by atoms with Gasteiger partial charge in [-0.15, -0.1) is 11.3 Å². The molecule has 0 saturated heterocycles. The third-order valence-corrected chi connectivity index (χ3v) is 7.90. The maximum Gasteiger partial charge on any atom is 0.119 e. The second-order valence-corrected chi connectivity index (χ2v) is 10.6. The minimum Gasteiger partial charge on any atom is -0.494 e. The van der Waals surface area contributed by atoms with Gasteiger partial charge in [0.2, 0.25) is 0 Å². The number of hydrogen-bond donors (Lipinski definition) is 0. The van der Waals surface area contributed by atoms with Gasteiger partial charge in [0.25, 0.3) is 0 Å². The van der Waals surface area contributed by atoms with E-state index in [9.17, 15) is 0 Å². The molecule has 0 spiro atoms. The molecule has 0 N–H and O–H groups in total. The molecule has 0 radical (unpaired) electrons. The first-order chi connectivity index (χ1) is 16.2. The summed E-state index contributed by atoms with van der Waals surface area (Å²) < 4.78 is 8.81. The molecule has 0 saturated carbocycles. The van der Waals surface area contributed by atoms with E-state index >= 15 is 0 Å². The summed E-state index contributed by atoms with van der Waals surface area (Å²) in [6.07, 6.45) is 10.6. The molecular formula is C31H34OS. The van der Waals surface area contributed by atoms with Gasteiger partial charge in [0.05, 0.1) is 6.61 Å². The highest BCUT2D eigenvalue weighted by atomic mass is 32.1. The first-order valence-electron chi connectivity index (χ1n) is 12.6. The van der Waals surface area contributed by atoms with Gasteiger partial charge in [-0.3, -0.25) is 0 Å². The summed E-state index contributed by atoms with van der Waals surface area (Å²) in [5, 5.41) is 7.92. The highest BCUT2D eigenvalue weighted by Gasteiger charge is 2.09. The normalized spacial score (nSPS) is 11.8. The highest BCUT2D eigenvalue weighted by Crippen LogP contribution is 2.39. The molecule has 5 aromatic rings. The molecule has 0 aliphatic carbocycles. The van der Waals surface area contributed by atoms with Crippen LogP contribution >= 0.6 is 11.3 Å². The molecule has 170 valence electrons. The van der Waals surface area contributed by atoms with Crippen LogP contribution in [0.3, 0.4) is 0 Å². The van der Waals surface area contributed by atoms with E-state index in [0.29, 0.717) is 0 Å². The van der Waals surface area contributed by atoms with Gasteiger partial charge >= 0.3 is 0 Å². The van der Waals surface area contributed by atoms with E-state index in [1.165, 1.54) is 92.2 Å². The zero-order valence-electron chi connectivity index (χ0n) is 20.0. The van der Waals surface area contributed by atoms with Crippen molar-refractivity contribution < 1.29 is 4.74 Å². The molecule has 0 aliphatic rings. The molecule has 1 heterocycles. The van der Waals surface area contributed by atoms with Gasteiger partial charge in [-0.1, -0.05) is 81.7 Å². The van der Waals surface area contributed by atoms with E-state index in [0.717, 1.165) is 18.8 Å². The van der Waals surface area contributed by atoms with Crippen LogP contribution < -0.4 is 4.74 Å². The first kappa shape index (κ1) is 22.2. The Morgan fingerprint density at radius 2 is 1.21 bits per heavy atom. The van der Waals surface area contributed by atoms with Crippen LogP contribution in [0.5, 0.6) is 5.75 Å². The van der Waals surface area contributed by atoms with Crippen LogP contribution in [0.4, 0.5) is 0 Å². The van der Waals surface area contributed by atoms with Gasteiger partial charge in [-0.25, -0.2) is 0 Å². The maximum absolute atomic E-state index is 6.10. The molecule has 0 bridgehead atoms. The molecule has 1 aromatic heterocycles. The van der Waals surface area contributed by atoms with Crippen LogP contribution in [0, 0.1) is 6.92 Å². The van der Waals surface area contributed by atoms with E-state index in [1.54, 1.807) is 0 Å². The molecule has 0 unspecified atom stereocenters. The van der Waals surface area contributed by atoms with Crippen LogP contribution in [0.15, 0.2) is 60.7 Å². The molecule has 33 heavy (non-hydrogen) atoms. The summed E-state index contributed by atoms with van der Waals surface area (Å²) in [4.78, 5) is 0. The van der Waals surface area contributed by atoms with Crippen molar-refractivity contribution >= 4 is 53.1 Å². The van der Waals surface area contributed by atoms with Crippen molar-refractivity contribution in [3.63, 3.8) is 0 Å². The van der Waals surface area contributed by atoms with Crippen LogP contribution in [-0.2, 0) is 0 Å². The fourth-order valence-corrected chi connectivity index (χ4v) is 6.04. The van der Waals surface area contributed by atoms with Crippen LogP contribution in [0.2, 0.25) is 0 Å². The molecule has 4 aromatic carbocycles. The molecule has 0 aliphatic heterocycles. The number of thiophene rings is 1. The lowest BCUT2D eigenvalue weighted by Gasteiger charge is -2.08. The Balaban J connectivity index is 1.29. The summed E-state index contributed by atoms with van der Waals surface area (Å²) in [5.74, 6) is 0.993. The average molecular weight is 455 g/mol. The van der Waals surface area contributed by atoms with Gasteiger partial charge < -0.3 is 4.74 Å². The van der Waals surface area contributed by atoms with Crippen molar-refractivity contribution in [2.75, 3.05) is 6.61 Å². The standard InChI is InChI=1S/C31H34OS/c1-3-4-5-6-7-8-9-10-15-32-27-14-13-23-18-28-29-19-25-16-22(2)11-12-24(25)20-30(29)33-31(28)21-26(23)17-27/h11-14,16-21H,3-10,15H2,1-2H3. The highest BCUT2D eigenvalue weighted by molar-refractivity contribution is 7.26. The monoisotopic (exact) mass is 454 g/mol. The smallest absolute Gasteiger partial charge is 0.119 e. The van der Waals surface area contributed by atoms with Gasteiger partial charge in [0.1, 0.15) is 5.75 Å². The average Bonchev–Trinajstić information content (AvgIpc) is 3.16. The lowest BCUT2D eigenvalue weighted by molar-refractivity contribution is 0.304. The van der Waals surface area contributed by atoms with Crippen molar-refractivity contribution in [3.05, 3.63) is 66.2 Å². The zero-order valence-corrected chi connectivity index (χ0v) is 20.8. The number of fused-ring (bicyclic) bond motifs is 5. The Labute approximate surface area is 201 Å². The van der Waals surface area contributed by atoms with Crippen molar-refractivity contribution in [2.24, 2.45) is 0 Å². The minimum absolute atomic E-state index is 0.817. The van der Waals surface area contributed by atoms with Crippen LogP contribution in [0.25, 0.3) is 41.7 Å². The van der Waals surface area contributed by atoms with Crippen molar-refractivity contribution in [2.45, 2.75) is 65.2 Å². The van der Waals surface area contributed by atoms with Crippen LogP contribution in [0.1, 0.15) is 63.9 Å². The molecule has 5 rings (SSSR count). The van der Waals surface area contributed by atoms with E-state index in [-0.39, 0.29) is 0 Å². The minimum atomic E-state index is 0.817. The van der Waals surface area contributed by atoms with Crippen molar-refractivity contribution in [3.8, 4) is 5.75 Å². The third-order valence-electron chi connectivity index (χ3n) is 6.78. The second-order valence-electron chi connectivity index (χ2n) is 9.48. The number of ether oxygens (including phenoxy) is 1. The van der Waals surface area contributed by atoms with E-state index in [1.807, 2.05) is 11.3 Å². The molecule has 0 atom stereocenters. The third kappa shape index (κ3) is 5.01. The van der Waals surface area contributed by atoms with Crippen molar-refractivity contribution in [1.82, 2.24) is 0 Å². The predicted molar refractivity (Wildman–Crippen MR) is 147 cm³/mol. The van der Waals surface area contributed by atoms with Crippen LogP contribution in [-0.4, -0.2) is 6.61 Å². The summed E-state index contributed by atoms with van der Waals surface area (Å²) in [6, 6.07) is 22.7. The maximum atomic E-state index is 6.10. The molecule has 1 nitrogen and oxygen atoms in total. The molecule has 2 heteroatoms. The van der Waals surface area contributed by atoms with Gasteiger partial charge in [-0.05, 0) is 71.3 Å². The number of unbranched alkanes of at least 4 members (excludes halogenated alkanes) is 7. The Hall–Kier alpha value is -2.58. The Morgan fingerprint density at radius 1 is 0.606 bits per heavy atom. The largest absolute Gasteiger partial charge is 0.494 e. The van der Waals surface area contributed by atoms with E-state index < -0.39 is 0 Å². The van der Waals surface area contributed by atoms with Gasteiger partial charge in [0, 0.05) is 20.2 Å². The fourth-order valence-electron chi connectivity index (χ4n) is 4.88. The summed E-state index contributed by atoms with van der Waals surface area (Å²) in [6.45, 7) is 5.26. The second kappa shape index (κ2) is 10.1. The number of benzene rings is 4. The summed E-state index contributed by atoms with van der Waals surface area (Å²) in [7, 11) is 0. The molecule has 0 fully saturated rings. The number of hydrogen-bond acceptors (Lipinski definition) is 2. The fraction of sp³-hybridized carbons (Fsp3) is 0.355. The van der Waals surface area contributed by atoms with Crippen molar-refractivity contribution in [1.29, 1.82) is 0 Å². The SMILES string of the molecule is CCCCCCCCCCOc1ccc2cc3c(cc2c1)sc1cc2ccc(C)cc2cc13. The lowest BCUT2D eigenvalue weighted by Crippen LogP contribution is -1.97. The first-order valence-corrected chi connectivity index (χ1v) is 13.5. The van der Waals surface area contributed by atoms with Gasteiger partial charge in [-0.2, -0.15) is 0 Å². The summed E-state index contributed by atoms with van der Waals surface area (Å²) in [5.41, 5.74) is 1.31. The Morgan fingerprint density at radius 3 is 2.00 bits per heavy atom. The Kier molecular flexibility index (Phi) is 6.83. The topological polar surface area (TPSA) is 9.23 Å². The number of aryl methyl sites for hydroxylation is 1. The molecular weight excluding hydrogens is 420 g/mol. The predicted octanol–water partition coefficient (Wildman–Crippen LogP) is 10.2.